The first-order chi connectivity index (χ1) is 9.08. The van der Waals surface area contributed by atoms with Crippen molar-refractivity contribution in [2.75, 3.05) is 0 Å². The monoisotopic (exact) mass is 307 g/mol. The van der Waals surface area contributed by atoms with Crippen molar-refractivity contribution in [3.8, 4) is 5.75 Å². The molecule has 1 aromatic heterocycles. The highest BCUT2D eigenvalue weighted by atomic mass is 35.5. The number of alkyl halides is 3. The first-order valence-corrected chi connectivity index (χ1v) is 6.18. The van der Waals surface area contributed by atoms with Crippen molar-refractivity contribution >= 4 is 23.2 Å². The van der Waals surface area contributed by atoms with Crippen LogP contribution in [0.25, 0.3) is 0 Å². The predicted molar refractivity (Wildman–Crippen MR) is 66.8 cm³/mol. The van der Waals surface area contributed by atoms with Crippen molar-refractivity contribution < 1.29 is 13.5 Å². The van der Waals surface area contributed by atoms with E-state index in [-0.39, 0.29) is 18.2 Å². The maximum Gasteiger partial charge on any atom is 0.387 e. The molecule has 0 radical (unpaired) electrons. The van der Waals surface area contributed by atoms with E-state index in [1.54, 1.807) is 12.3 Å². The second kappa shape index (κ2) is 6.16. The van der Waals surface area contributed by atoms with E-state index in [1.807, 2.05) is 0 Å². The zero-order chi connectivity index (χ0) is 13.8. The molecule has 2 rings (SSSR count). The van der Waals surface area contributed by atoms with Crippen LogP contribution in [-0.2, 0) is 12.4 Å². The Morgan fingerprint density at radius 1 is 1.37 bits per heavy atom. The van der Waals surface area contributed by atoms with Crippen molar-refractivity contribution in [3.05, 3.63) is 40.7 Å². The van der Waals surface area contributed by atoms with E-state index < -0.39 is 6.61 Å². The zero-order valence-electron chi connectivity index (χ0n) is 9.56. The molecule has 0 unspecified atom stereocenters. The minimum absolute atomic E-state index is 0.0577. The molecular weight excluding hydrogens is 299 g/mol. The molecule has 8 heteroatoms. The Balaban J connectivity index is 2.24. The first kappa shape index (κ1) is 14.0. The summed E-state index contributed by atoms with van der Waals surface area (Å²) >= 11 is 11.5. The first-order valence-electron chi connectivity index (χ1n) is 5.26. The highest BCUT2D eigenvalue weighted by molar-refractivity contribution is 6.30. The van der Waals surface area contributed by atoms with Gasteiger partial charge in [0.05, 0.1) is 24.3 Å². The number of rotatable bonds is 5. The maximum absolute atomic E-state index is 12.3. The smallest absolute Gasteiger partial charge is 0.387 e. The molecule has 0 aliphatic rings. The van der Waals surface area contributed by atoms with Gasteiger partial charge in [-0.3, -0.25) is 0 Å². The SMILES string of the molecule is FC(F)Oc1ccc(Cl)cc1Cn1cc(CCl)nn1. The Morgan fingerprint density at radius 3 is 2.79 bits per heavy atom. The van der Waals surface area contributed by atoms with Gasteiger partial charge >= 0.3 is 6.61 Å². The number of hydrogen-bond donors (Lipinski definition) is 0. The molecule has 0 atom stereocenters. The Hall–Kier alpha value is -1.40. The zero-order valence-corrected chi connectivity index (χ0v) is 11.1. The van der Waals surface area contributed by atoms with Gasteiger partial charge in [0, 0.05) is 10.6 Å². The molecule has 0 saturated carbocycles. The van der Waals surface area contributed by atoms with Crippen LogP contribution in [0.2, 0.25) is 5.02 Å². The van der Waals surface area contributed by atoms with E-state index in [4.69, 9.17) is 23.2 Å². The molecule has 0 aliphatic heterocycles. The van der Waals surface area contributed by atoms with Crippen molar-refractivity contribution in [1.82, 2.24) is 15.0 Å². The molecule has 2 aromatic rings. The summed E-state index contributed by atoms with van der Waals surface area (Å²) in [6.07, 6.45) is 1.63. The van der Waals surface area contributed by atoms with Crippen molar-refractivity contribution in [1.29, 1.82) is 0 Å². The number of hydrogen-bond acceptors (Lipinski definition) is 3. The lowest BCUT2D eigenvalue weighted by atomic mass is 10.2. The standard InChI is InChI=1S/C11H9Cl2F2N3O/c12-4-9-6-18(17-16-9)5-7-3-8(13)1-2-10(7)19-11(14)15/h1-3,6,11H,4-5H2. The molecule has 0 bridgehead atoms. The van der Waals surface area contributed by atoms with Crippen LogP contribution in [0.15, 0.2) is 24.4 Å². The number of nitrogens with zero attached hydrogens (tertiary/aromatic N) is 3. The Kier molecular flexibility index (Phi) is 4.55. The van der Waals surface area contributed by atoms with Gasteiger partial charge in [-0.05, 0) is 18.2 Å². The molecule has 0 fully saturated rings. The summed E-state index contributed by atoms with van der Waals surface area (Å²) in [7, 11) is 0. The maximum atomic E-state index is 12.3. The van der Waals surface area contributed by atoms with Gasteiger partial charge in [-0.15, -0.1) is 16.7 Å². The van der Waals surface area contributed by atoms with E-state index in [0.29, 0.717) is 16.3 Å². The minimum Gasteiger partial charge on any atom is -0.434 e. The van der Waals surface area contributed by atoms with Crippen LogP contribution in [0.5, 0.6) is 5.75 Å². The molecule has 1 aromatic carbocycles. The molecule has 0 spiro atoms. The van der Waals surface area contributed by atoms with Crippen LogP contribution in [0.4, 0.5) is 8.78 Å². The molecule has 4 nitrogen and oxygen atoms in total. The van der Waals surface area contributed by atoms with Crippen LogP contribution >= 0.6 is 23.2 Å². The van der Waals surface area contributed by atoms with E-state index in [1.165, 1.54) is 16.8 Å². The van der Waals surface area contributed by atoms with Gasteiger partial charge in [-0.25, -0.2) is 4.68 Å². The van der Waals surface area contributed by atoms with Crippen LogP contribution in [0.3, 0.4) is 0 Å². The molecule has 0 amide bonds. The fraction of sp³-hybridized carbons (Fsp3) is 0.273. The van der Waals surface area contributed by atoms with Gasteiger partial charge in [0.15, 0.2) is 0 Å². The third-order valence-corrected chi connectivity index (χ3v) is 2.80. The van der Waals surface area contributed by atoms with E-state index in [2.05, 4.69) is 15.0 Å². The predicted octanol–water partition coefficient (Wildman–Crippen LogP) is 3.32. The average Bonchev–Trinajstić information content (AvgIpc) is 2.80. The molecule has 19 heavy (non-hydrogen) atoms. The summed E-state index contributed by atoms with van der Waals surface area (Å²) in [5.74, 6) is 0.290. The molecule has 0 N–H and O–H groups in total. The molecule has 0 saturated heterocycles. The summed E-state index contributed by atoms with van der Waals surface area (Å²) < 4.78 is 30.5. The van der Waals surface area contributed by atoms with Crippen LogP contribution in [0.1, 0.15) is 11.3 Å². The molecular formula is C11H9Cl2F2N3O. The number of ether oxygens (including phenoxy) is 1. The summed E-state index contributed by atoms with van der Waals surface area (Å²) in [4.78, 5) is 0. The average molecular weight is 308 g/mol. The van der Waals surface area contributed by atoms with E-state index in [0.717, 1.165) is 0 Å². The fourth-order valence-corrected chi connectivity index (χ4v) is 1.85. The Bertz CT molecular complexity index is 563. The third-order valence-electron chi connectivity index (χ3n) is 2.29. The largest absolute Gasteiger partial charge is 0.434 e. The number of benzene rings is 1. The van der Waals surface area contributed by atoms with E-state index in [9.17, 15) is 8.78 Å². The number of aromatic nitrogens is 3. The van der Waals surface area contributed by atoms with Crippen LogP contribution in [-0.4, -0.2) is 21.6 Å². The van der Waals surface area contributed by atoms with Gasteiger partial charge in [-0.1, -0.05) is 16.8 Å². The highest BCUT2D eigenvalue weighted by Crippen LogP contribution is 2.25. The topological polar surface area (TPSA) is 39.9 Å². The highest BCUT2D eigenvalue weighted by Gasteiger charge is 2.11. The summed E-state index contributed by atoms with van der Waals surface area (Å²) in [5, 5.41) is 8.06. The third kappa shape index (κ3) is 3.78. The second-order valence-electron chi connectivity index (χ2n) is 3.67. The van der Waals surface area contributed by atoms with Crippen molar-refractivity contribution in [2.45, 2.75) is 19.0 Å². The van der Waals surface area contributed by atoms with Gasteiger partial charge in [0.1, 0.15) is 5.75 Å². The lowest BCUT2D eigenvalue weighted by molar-refractivity contribution is -0.0505. The summed E-state index contributed by atoms with van der Waals surface area (Å²) in [5.41, 5.74) is 1.08. The van der Waals surface area contributed by atoms with Gasteiger partial charge in [0.25, 0.3) is 0 Å². The molecule has 102 valence electrons. The van der Waals surface area contributed by atoms with Crippen LogP contribution < -0.4 is 4.74 Å². The van der Waals surface area contributed by atoms with Crippen molar-refractivity contribution in [3.63, 3.8) is 0 Å². The van der Waals surface area contributed by atoms with E-state index >= 15 is 0 Å². The Morgan fingerprint density at radius 2 is 2.16 bits per heavy atom. The van der Waals surface area contributed by atoms with Crippen LogP contribution in [0, 0.1) is 0 Å². The normalized spacial score (nSPS) is 11.0. The minimum atomic E-state index is -2.89. The number of halogens is 4. The summed E-state index contributed by atoms with van der Waals surface area (Å²) in [6, 6.07) is 4.42. The summed E-state index contributed by atoms with van der Waals surface area (Å²) in [6.45, 7) is -2.68. The van der Waals surface area contributed by atoms with Gasteiger partial charge in [0.2, 0.25) is 0 Å². The lowest BCUT2D eigenvalue weighted by Crippen LogP contribution is -2.07. The van der Waals surface area contributed by atoms with Gasteiger partial charge in [-0.2, -0.15) is 8.78 Å². The fourth-order valence-electron chi connectivity index (χ4n) is 1.53. The second-order valence-corrected chi connectivity index (χ2v) is 4.38. The quantitative estimate of drug-likeness (QED) is 0.796. The molecule has 0 aliphatic carbocycles. The van der Waals surface area contributed by atoms with Gasteiger partial charge < -0.3 is 4.74 Å². The molecule has 1 heterocycles. The lowest BCUT2D eigenvalue weighted by Gasteiger charge is -2.10. The Labute approximate surface area is 117 Å². The van der Waals surface area contributed by atoms with Crippen molar-refractivity contribution in [2.24, 2.45) is 0 Å².